The van der Waals surface area contributed by atoms with Gasteiger partial charge in [-0.15, -0.1) is 0 Å². The van der Waals surface area contributed by atoms with Gasteiger partial charge < -0.3 is 10.1 Å². The first kappa shape index (κ1) is 14.4. The van der Waals surface area contributed by atoms with Gasteiger partial charge in [-0.05, 0) is 42.9 Å². The summed E-state index contributed by atoms with van der Waals surface area (Å²) in [6.07, 6.45) is 0. The quantitative estimate of drug-likeness (QED) is 0.826. The minimum atomic E-state index is 0.717. The molecule has 0 unspecified atom stereocenters. The van der Waals surface area contributed by atoms with Crippen LogP contribution in [0, 0.1) is 0 Å². The first-order valence-electron chi connectivity index (χ1n) is 6.11. The predicted molar refractivity (Wildman–Crippen MR) is 83.0 cm³/mol. The van der Waals surface area contributed by atoms with Crippen molar-refractivity contribution < 1.29 is 4.74 Å². The van der Waals surface area contributed by atoms with Crippen LogP contribution in [0.1, 0.15) is 12.5 Å². The Hall–Kier alpha value is -1.03. The van der Waals surface area contributed by atoms with Crippen LogP contribution in [0.25, 0.3) is 0 Å². The fourth-order valence-corrected chi connectivity index (χ4v) is 2.28. The summed E-state index contributed by atoms with van der Waals surface area (Å²) in [7, 11) is 0. The smallest absolute Gasteiger partial charge is 0.132 e. The molecule has 2 aromatic rings. The summed E-state index contributed by atoms with van der Waals surface area (Å²) < 4.78 is 6.91. The highest BCUT2D eigenvalue weighted by molar-refractivity contribution is 9.10. The molecule has 0 aliphatic rings. The third kappa shape index (κ3) is 4.23. The number of hydrogen-bond acceptors (Lipinski definition) is 2. The fourth-order valence-electron chi connectivity index (χ4n) is 1.70. The normalized spacial score (nSPS) is 10.5. The molecule has 4 heteroatoms. The minimum absolute atomic E-state index is 0.717. The Kier molecular flexibility index (Phi) is 5.25. The Labute approximate surface area is 126 Å². The molecule has 0 aliphatic heterocycles. The Bertz CT molecular complexity index is 560. The maximum atomic E-state index is 6.03. The molecule has 0 heterocycles. The maximum absolute atomic E-state index is 6.03. The van der Waals surface area contributed by atoms with E-state index in [0.29, 0.717) is 0 Å². The maximum Gasteiger partial charge on any atom is 0.132 e. The summed E-state index contributed by atoms with van der Waals surface area (Å²) in [5.74, 6) is 1.62. The lowest BCUT2D eigenvalue weighted by atomic mass is 10.2. The van der Waals surface area contributed by atoms with Crippen LogP contribution in [-0.4, -0.2) is 6.54 Å². The second-order valence-corrected chi connectivity index (χ2v) is 5.44. The molecule has 0 saturated carbocycles. The number of benzene rings is 2. The largest absolute Gasteiger partial charge is 0.457 e. The predicted octanol–water partition coefficient (Wildman–Crippen LogP) is 5.00. The van der Waals surface area contributed by atoms with Crippen molar-refractivity contribution in [3.8, 4) is 11.5 Å². The number of hydrogen-bond donors (Lipinski definition) is 1. The third-order valence-corrected chi connectivity index (χ3v) is 3.34. The van der Waals surface area contributed by atoms with E-state index in [0.717, 1.165) is 39.6 Å². The Morgan fingerprint density at radius 3 is 2.79 bits per heavy atom. The Morgan fingerprint density at radius 2 is 2.05 bits per heavy atom. The van der Waals surface area contributed by atoms with Gasteiger partial charge in [-0.3, -0.25) is 0 Å². The number of rotatable bonds is 5. The van der Waals surface area contributed by atoms with Gasteiger partial charge in [-0.25, -0.2) is 0 Å². The van der Waals surface area contributed by atoms with E-state index in [1.807, 2.05) is 42.5 Å². The van der Waals surface area contributed by atoms with Crippen LogP contribution in [0.2, 0.25) is 5.02 Å². The second kappa shape index (κ2) is 6.94. The molecule has 0 amide bonds. The monoisotopic (exact) mass is 339 g/mol. The Morgan fingerprint density at radius 1 is 1.21 bits per heavy atom. The van der Waals surface area contributed by atoms with Gasteiger partial charge in [0, 0.05) is 21.6 Å². The lowest BCUT2D eigenvalue weighted by Gasteiger charge is -2.12. The highest BCUT2D eigenvalue weighted by atomic mass is 79.9. The molecule has 0 fully saturated rings. The molecule has 2 rings (SSSR count). The molecule has 0 aromatic heterocycles. The summed E-state index contributed by atoms with van der Waals surface area (Å²) in [4.78, 5) is 0. The highest BCUT2D eigenvalue weighted by Crippen LogP contribution is 2.29. The van der Waals surface area contributed by atoms with Crippen molar-refractivity contribution in [1.29, 1.82) is 0 Å². The van der Waals surface area contributed by atoms with E-state index in [4.69, 9.17) is 16.3 Å². The van der Waals surface area contributed by atoms with Gasteiger partial charge in [0.25, 0.3) is 0 Å². The molecule has 0 atom stereocenters. The van der Waals surface area contributed by atoms with Crippen LogP contribution < -0.4 is 10.1 Å². The van der Waals surface area contributed by atoms with Crippen LogP contribution >= 0.6 is 27.5 Å². The van der Waals surface area contributed by atoms with Gasteiger partial charge in [0.2, 0.25) is 0 Å². The van der Waals surface area contributed by atoms with Crippen LogP contribution in [0.15, 0.2) is 46.9 Å². The van der Waals surface area contributed by atoms with Crippen LogP contribution in [0.3, 0.4) is 0 Å². The van der Waals surface area contributed by atoms with Gasteiger partial charge in [0.15, 0.2) is 0 Å². The lowest BCUT2D eigenvalue weighted by Crippen LogP contribution is -2.12. The van der Waals surface area contributed by atoms with Gasteiger partial charge in [-0.1, -0.05) is 40.5 Å². The van der Waals surface area contributed by atoms with Gasteiger partial charge in [0.1, 0.15) is 11.5 Å². The fraction of sp³-hybridized carbons (Fsp3) is 0.200. The van der Waals surface area contributed by atoms with Crippen molar-refractivity contribution in [2.75, 3.05) is 6.54 Å². The summed E-state index contributed by atoms with van der Waals surface area (Å²) in [6.45, 7) is 3.71. The van der Waals surface area contributed by atoms with Gasteiger partial charge >= 0.3 is 0 Å². The van der Waals surface area contributed by atoms with Crippen LogP contribution in [-0.2, 0) is 6.54 Å². The molecule has 0 radical (unpaired) electrons. The van der Waals surface area contributed by atoms with Gasteiger partial charge in [-0.2, -0.15) is 0 Å². The average Bonchev–Trinajstić information content (AvgIpc) is 2.39. The van der Waals surface area contributed by atoms with Crippen LogP contribution in [0.4, 0.5) is 0 Å². The van der Waals surface area contributed by atoms with E-state index >= 15 is 0 Å². The molecule has 19 heavy (non-hydrogen) atoms. The summed E-state index contributed by atoms with van der Waals surface area (Å²) in [5.41, 5.74) is 1.05. The van der Waals surface area contributed by atoms with E-state index in [1.165, 1.54) is 0 Å². The number of halogens is 2. The van der Waals surface area contributed by atoms with Gasteiger partial charge in [0.05, 0.1) is 0 Å². The van der Waals surface area contributed by atoms with Crippen molar-refractivity contribution in [3.05, 3.63) is 57.5 Å². The summed E-state index contributed by atoms with van der Waals surface area (Å²) >= 11 is 9.47. The summed E-state index contributed by atoms with van der Waals surface area (Å²) in [6, 6.07) is 13.4. The molecular weight excluding hydrogens is 326 g/mol. The highest BCUT2D eigenvalue weighted by Gasteiger charge is 2.06. The van der Waals surface area contributed by atoms with E-state index < -0.39 is 0 Å². The van der Waals surface area contributed by atoms with E-state index in [9.17, 15) is 0 Å². The van der Waals surface area contributed by atoms with Crippen molar-refractivity contribution in [1.82, 2.24) is 5.32 Å². The van der Waals surface area contributed by atoms with Crippen molar-refractivity contribution >= 4 is 27.5 Å². The molecule has 0 bridgehead atoms. The zero-order chi connectivity index (χ0) is 13.7. The number of ether oxygens (including phenoxy) is 1. The molecular formula is C15H15BrClNO. The third-order valence-electron chi connectivity index (χ3n) is 2.61. The zero-order valence-electron chi connectivity index (χ0n) is 10.6. The SMILES string of the molecule is CCNCc1cc(Cl)ccc1Oc1cccc(Br)c1. The van der Waals surface area contributed by atoms with Crippen molar-refractivity contribution in [3.63, 3.8) is 0 Å². The van der Waals surface area contributed by atoms with E-state index in [-0.39, 0.29) is 0 Å². The average molecular weight is 341 g/mol. The molecule has 0 saturated heterocycles. The zero-order valence-corrected chi connectivity index (χ0v) is 13.0. The van der Waals surface area contributed by atoms with E-state index in [1.54, 1.807) is 0 Å². The molecule has 1 N–H and O–H groups in total. The molecule has 100 valence electrons. The molecule has 0 spiro atoms. The Balaban J connectivity index is 2.23. The van der Waals surface area contributed by atoms with Crippen LogP contribution in [0.5, 0.6) is 11.5 Å². The first-order chi connectivity index (χ1) is 9.19. The second-order valence-electron chi connectivity index (χ2n) is 4.09. The van der Waals surface area contributed by atoms with Crippen molar-refractivity contribution in [2.45, 2.75) is 13.5 Å². The minimum Gasteiger partial charge on any atom is -0.457 e. The molecule has 2 aromatic carbocycles. The van der Waals surface area contributed by atoms with Crippen molar-refractivity contribution in [2.24, 2.45) is 0 Å². The standard InChI is InChI=1S/C15H15BrClNO/c1-2-18-10-11-8-13(17)6-7-15(11)19-14-5-3-4-12(16)9-14/h3-9,18H,2,10H2,1H3. The number of nitrogens with one attached hydrogen (secondary N) is 1. The lowest BCUT2D eigenvalue weighted by molar-refractivity contribution is 0.473. The topological polar surface area (TPSA) is 21.3 Å². The molecule has 2 nitrogen and oxygen atoms in total. The van der Waals surface area contributed by atoms with E-state index in [2.05, 4.69) is 28.2 Å². The first-order valence-corrected chi connectivity index (χ1v) is 7.28. The summed E-state index contributed by atoms with van der Waals surface area (Å²) in [5, 5.41) is 4.00. The molecule has 0 aliphatic carbocycles.